The lowest BCUT2D eigenvalue weighted by Gasteiger charge is -2.35. The fourth-order valence-electron chi connectivity index (χ4n) is 10.7. The number of cyclic esters (lactones) is 1. The van der Waals surface area contributed by atoms with Gasteiger partial charge in [0.05, 0.1) is 24.1 Å². The molecule has 4 atom stereocenters. The number of phenolic OH excluding ortho intramolecular Hbond substituents is 1. The molecule has 13 nitrogen and oxygen atoms in total. The zero-order valence-electron chi connectivity index (χ0n) is 38.3. The first kappa shape index (κ1) is 44.4. The van der Waals surface area contributed by atoms with Crippen molar-refractivity contribution in [2.24, 2.45) is 11.3 Å². The predicted octanol–water partition coefficient (Wildman–Crippen LogP) is 7.22. The van der Waals surface area contributed by atoms with E-state index < -0.39 is 23.5 Å². The van der Waals surface area contributed by atoms with Gasteiger partial charge in [-0.2, -0.15) is 0 Å². The Balaban J connectivity index is 1.16. The number of ether oxygens (including phenoxy) is 3. The smallest absolute Gasteiger partial charge is 0.324 e. The first-order valence-corrected chi connectivity index (χ1v) is 23.7. The molecule has 5 aliphatic rings. The Bertz CT molecular complexity index is 2380. The van der Waals surface area contributed by atoms with Crippen LogP contribution in [0, 0.1) is 11.3 Å². The van der Waals surface area contributed by atoms with Crippen molar-refractivity contribution >= 4 is 28.7 Å². The van der Waals surface area contributed by atoms with Crippen LogP contribution in [-0.2, 0) is 48.0 Å². The molecule has 342 valence electrons. The second kappa shape index (κ2) is 18.6. The first-order valence-electron chi connectivity index (χ1n) is 23.7. The molecule has 0 radical (unpaired) electrons. The number of carbonyl (C=O) groups is 3. The number of aryl methyl sites for hydroxylation is 1. The summed E-state index contributed by atoms with van der Waals surface area (Å²) < 4.78 is 20.1. The molecular formula is C51H66N6O7. The highest BCUT2D eigenvalue weighted by molar-refractivity contribution is 5.95. The molecule has 13 heteroatoms. The molecule has 0 unspecified atom stereocenters. The van der Waals surface area contributed by atoms with Crippen LogP contribution in [0.2, 0.25) is 0 Å². The number of nitrogens with one attached hydrogen (secondary N) is 2. The zero-order chi connectivity index (χ0) is 44.7. The number of piperidine rings is 1. The molecule has 6 heterocycles. The van der Waals surface area contributed by atoms with Gasteiger partial charge in [0.1, 0.15) is 17.8 Å². The summed E-state index contributed by atoms with van der Waals surface area (Å²) in [6, 6.07) is 13.4. The van der Waals surface area contributed by atoms with E-state index in [-0.39, 0.29) is 49.0 Å². The number of hydrogen-bond acceptors (Lipinski definition) is 10. The molecule has 9 rings (SSSR count). The summed E-state index contributed by atoms with van der Waals surface area (Å²) in [6.45, 7) is 13.1. The van der Waals surface area contributed by atoms with E-state index in [9.17, 15) is 19.5 Å². The third-order valence-corrected chi connectivity index (χ3v) is 14.4. The van der Waals surface area contributed by atoms with Gasteiger partial charge in [0.25, 0.3) is 5.91 Å². The number of benzene rings is 2. The van der Waals surface area contributed by atoms with Crippen LogP contribution in [0.5, 0.6) is 5.75 Å². The number of methoxy groups -OCH3 is 1. The summed E-state index contributed by atoms with van der Waals surface area (Å²) in [6.07, 6.45) is 9.56. The van der Waals surface area contributed by atoms with Gasteiger partial charge >= 0.3 is 5.97 Å². The van der Waals surface area contributed by atoms with E-state index >= 15 is 0 Å². The number of aromatic hydroxyl groups is 1. The van der Waals surface area contributed by atoms with Crippen molar-refractivity contribution in [3.8, 4) is 28.1 Å². The maximum absolute atomic E-state index is 14.4. The third-order valence-electron chi connectivity index (χ3n) is 14.4. The number of carbonyl (C=O) groups excluding carboxylic acids is 3. The molecule has 4 fully saturated rings. The molecule has 3 saturated heterocycles. The van der Waals surface area contributed by atoms with E-state index in [1.807, 2.05) is 6.07 Å². The highest BCUT2D eigenvalue weighted by Crippen LogP contribution is 2.44. The number of pyridine rings is 1. The molecule has 2 aromatic heterocycles. The van der Waals surface area contributed by atoms with E-state index in [4.69, 9.17) is 19.2 Å². The van der Waals surface area contributed by atoms with Crippen molar-refractivity contribution in [3.05, 3.63) is 71.0 Å². The number of phenols is 1. The number of nitrogens with zero attached hydrogens (tertiary/aromatic N) is 4. The Morgan fingerprint density at radius 2 is 1.84 bits per heavy atom. The van der Waals surface area contributed by atoms with Crippen LogP contribution in [0.3, 0.4) is 0 Å². The van der Waals surface area contributed by atoms with Crippen LogP contribution in [0.15, 0.2) is 48.7 Å². The molecule has 2 aromatic carbocycles. The summed E-state index contributed by atoms with van der Waals surface area (Å²) in [5.41, 5.74) is 11.6. The molecule has 1 saturated carbocycles. The van der Waals surface area contributed by atoms with Gasteiger partial charge in [0.2, 0.25) is 5.91 Å². The minimum atomic E-state index is -0.946. The molecule has 1 aliphatic carbocycles. The summed E-state index contributed by atoms with van der Waals surface area (Å²) in [5, 5.41) is 16.8. The number of aromatic nitrogens is 2. The van der Waals surface area contributed by atoms with Gasteiger partial charge in [0.15, 0.2) is 0 Å². The Hall–Kier alpha value is -4.82. The molecule has 4 aliphatic heterocycles. The van der Waals surface area contributed by atoms with Crippen molar-refractivity contribution in [2.75, 3.05) is 46.6 Å². The number of rotatable bonds is 9. The first-order chi connectivity index (χ1) is 30.9. The van der Waals surface area contributed by atoms with Crippen LogP contribution in [0.4, 0.5) is 0 Å². The lowest BCUT2D eigenvalue weighted by atomic mass is 9.83. The van der Waals surface area contributed by atoms with Crippen LogP contribution in [0.1, 0.15) is 113 Å². The minimum absolute atomic E-state index is 0.0683. The maximum Gasteiger partial charge on any atom is 0.324 e. The SMILES string of the molecule is CCn1c(-c2cc(C3CCN(C4CC4)CC3)cnc2[C@H](C)OC)c2c3cc(ccc31)-c1cc(O)cc(c1)C[C@H](NC(=O)C[C@H]1CCOC1)C(=O)N1CCC[C@H](N1)C(=O)OCC(C)(C)C2. The molecular weight excluding hydrogens is 809 g/mol. The average Bonchev–Trinajstić information content (AvgIpc) is 3.95. The number of hydrogen-bond donors (Lipinski definition) is 3. The highest BCUT2D eigenvalue weighted by atomic mass is 16.5. The number of hydrazine groups is 1. The second-order valence-electron chi connectivity index (χ2n) is 19.8. The van der Waals surface area contributed by atoms with Gasteiger partial charge < -0.3 is 34.1 Å². The standard InChI is InChI=1S/C51H66N6O7/c1-6-56-45-12-9-35-25-40(45)42(48(56)41-26-37(28-52-47(41)31(2)62-5)34-13-17-55(18-14-34)38-10-11-38)27-51(3,4)30-64-50(61)43-8-7-16-57(54-43)49(60)44(22-33-20-36(35)24-39(58)21-33)53-46(59)23-32-15-19-63-29-32/h9,12,20-21,24-26,28,31-32,34,38,43-44,54,58H,6-8,10-11,13-19,22-23,27,29-30H2,1-5H3,(H,53,59)/t31-,32+,43-,44-/m0/s1. The number of likely N-dealkylation sites (tertiary alicyclic amines) is 1. The Kier molecular flexibility index (Phi) is 12.9. The van der Waals surface area contributed by atoms with E-state index in [1.54, 1.807) is 19.2 Å². The predicted molar refractivity (Wildman–Crippen MR) is 245 cm³/mol. The van der Waals surface area contributed by atoms with E-state index in [0.717, 1.165) is 82.9 Å². The lowest BCUT2D eigenvalue weighted by Crippen LogP contribution is -2.60. The summed E-state index contributed by atoms with van der Waals surface area (Å²) in [4.78, 5) is 49.7. The quantitative estimate of drug-likeness (QED) is 0.147. The van der Waals surface area contributed by atoms with E-state index in [2.05, 4.69) is 78.4 Å². The normalized spacial score (nSPS) is 24.1. The van der Waals surface area contributed by atoms with Gasteiger partial charge in [0, 0.05) is 80.4 Å². The van der Waals surface area contributed by atoms with Crippen molar-refractivity contribution in [1.29, 1.82) is 0 Å². The topological polar surface area (TPSA) is 147 Å². The van der Waals surface area contributed by atoms with Crippen molar-refractivity contribution in [2.45, 2.75) is 129 Å². The summed E-state index contributed by atoms with van der Waals surface area (Å²) >= 11 is 0. The maximum atomic E-state index is 14.4. The zero-order valence-corrected chi connectivity index (χ0v) is 38.3. The molecule has 3 N–H and O–H groups in total. The van der Waals surface area contributed by atoms with Crippen LogP contribution in [0.25, 0.3) is 33.3 Å². The Morgan fingerprint density at radius 3 is 2.58 bits per heavy atom. The lowest BCUT2D eigenvalue weighted by molar-refractivity contribution is -0.155. The van der Waals surface area contributed by atoms with Gasteiger partial charge in [-0.3, -0.25) is 24.4 Å². The molecule has 0 spiro atoms. The number of amides is 2. The fourth-order valence-corrected chi connectivity index (χ4v) is 10.7. The molecule has 4 aromatic rings. The largest absolute Gasteiger partial charge is 0.508 e. The Labute approximate surface area is 377 Å². The average molecular weight is 875 g/mol. The van der Waals surface area contributed by atoms with Gasteiger partial charge in [-0.05, 0) is 148 Å². The van der Waals surface area contributed by atoms with Gasteiger partial charge in [-0.25, -0.2) is 5.43 Å². The van der Waals surface area contributed by atoms with E-state index in [0.29, 0.717) is 57.0 Å². The van der Waals surface area contributed by atoms with Crippen molar-refractivity contribution in [1.82, 2.24) is 30.2 Å². The van der Waals surface area contributed by atoms with Crippen LogP contribution >= 0.6 is 0 Å². The van der Waals surface area contributed by atoms with Gasteiger partial charge in [-0.1, -0.05) is 26.0 Å². The second-order valence-corrected chi connectivity index (χ2v) is 19.8. The molecule has 6 bridgehead atoms. The van der Waals surface area contributed by atoms with Crippen molar-refractivity contribution < 1.29 is 33.7 Å². The molecule has 2 amide bonds. The van der Waals surface area contributed by atoms with Crippen LogP contribution < -0.4 is 10.7 Å². The number of esters is 1. The monoisotopic (exact) mass is 874 g/mol. The number of fused-ring (bicyclic) bond motifs is 6. The third kappa shape index (κ3) is 9.45. The molecule has 64 heavy (non-hydrogen) atoms. The van der Waals surface area contributed by atoms with E-state index in [1.165, 1.54) is 23.4 Å². The summed E-state index contributed by atoms with van der Waals surface area (Å²) in [5.74, 6) is -0.414. The highest BCUT2D eigenvalue weighted by Gasteiger charge is 2.37. The fraction of sp³-hybridized carbons (Fsp3) is 0.569. The Morgan fingerprint density at radius 1 is 1.03 bits per heavy atom. The summed E-state index contributed by atoms with van der Waals surface area (Å²) in [7, 11) is 1.73. The van der Waals surface area contributed by atoms with Crippen LogP contribution in [-0.4, -0.2) is 107 Å². The van der Waals surface area contributed by atoms with Crippen molar-refractivity contribution in [3.63, 3.8) is 0 Å². The minimum Gasteiger partial charge on any atom is -0.508 e. The van der Waals surface area contributed by atoms with Gasteiger partial charge in [-0.15, -0.1) is 0 Å².